The van der Waals surface area contributed by atoms with Gasteiger partial charge in [-0.3, -0.25) is 0 Å². The van der Waals surface area contributed by atoms with Crippen molar-refractivity contribution in [2.24, 2.45) is 5.73 Å². The summed E-state index contributed by atoms with van der Waals surface area (Å²) in [5, 5.41) is 5.44. The fourth-order valence-corrected chi connectivity index (χ4v) is 3.50. The molecule has 0 spiro atoms. The average molecular weight is 354 g/mol. The maximum atomic E-state index is 13.2. The number of aromatic nitrogens is 2. The Hall–Kier alpha value is -3.09. The molecule has 1 aliphatic rings. The zero-order valence-corrected chi connectivity index (χ0v) is 14.4. The van der Waals surface area contributed by atoms with Crippen molar-refractivity contribution in [2.45, 2.75) is 19.4 Å². The number of fused-ring (bicyclic) bond motifs is 1. The van der Waals surface area contributed by atoms with Crippen molar-refractivity contribution in [1.29, 1.82) is 0 Å². The van der Waals surface area contributed by atoms with Crippen LogP contribution in [0.5, 0.6) is 0 Å². The molecule has 1 fully saturated rings. The van der Waals surface area contributed by atoms with Gasteiger partial charge in [-0.1, -0.05) is 0 Å². The summed E-state index contributed by atoms with van der Waals surface area (Å²) in [7, 11) is 0. The molecule has 1 unspecified atom stereocenters. The normalized spacial score (nSPS) is 17.0. The third-order valence-electron chi connectivity index (χ3n) is 4.73. The van der Waals surface area contributed by atoms with E-state index in [2.05, 4.69) is 22.1 Å². The van der Waals surface area contributed by atoms with Crippen molar-refractivity contribution >= 4 is 22.7 Å². The van der Waals surface area contributed by atoms with Crippen LogP contribution in [0.2, 0.25) is 0 Å². The lowest BCUT2D eigenvalue weighted by Gasteiger charge is -2.21. The third kappa shape index (κ3) is 2.96. The van der Waals surface area contributed by atoms with Crippen LogP contribution in [0, 0.1) is 12.7 Å². The molecule has 3 aromatic rings. The number of nitrogens with two attached hydrogens (primary N) is 1. The first-order valence-corrected chi connectivity index (χ1v) is 8.46. The summed E-state index contributed by atoms with van der Waals surface area (Å²) >= 11 is 0. The van der Waals surface area contributed by atoms with E-state index in [1.54, 1.807) is 23.0 Å². The van der Waals surface area contributed by atoms with Crippen molar-refractivity contribution < 1.29 is 13.9 Å². The molecular weight excluding hydrogens is 335 g/mol. The first-order chi connectivity index (χ1) is 12.5. The molecule has 1 amide bonds. The van der Waals surface area contributed by atoms with Crippen molar-refractivity contribution in [3.05, 3.63) is 54.0 Å². The molecule has 1 aromatic heterocycles. The van der Waals surface area contributed by atoms with E-state index in [4.69, 9.17) is 10.5 Å². The third-order valence-corrected chi connectivity index (χ3v) is 4.73. The van der Waals surface area contributed by atoms with Crippen LogP contribution >= 0.6 is 0 Å². The lowest BCUT2D eigenvalue weighted by atomic mass is 10.1. The fourth-order valence-electron chi connectivity index (χ4n) is 3.50. The number of hydrogen-bond acceptors (Lipinski definition) is 4. The highest BCUT2D eigenvalue weighted by molar-refractivity contribution is 5.86. The Balaban J connectivity index is 1.66. The smallest absolute Gasteiger partial charge is 0.404 e. The number of amides is 1. The second-order valence-electron chi connectivity index (χ2n) is 6.52. The number of carbonyl (C=O) groups excluding carboxylic acids is 1. The minimum absolute atomic E-state index is 0.176. The van der Waals surface area contributed by atoms with Crippen molar-refractivity contribution in [1.82, 2.24) is 9.78 Å². The van der Waals surface area contributed by atoms with Crippen LogP contribution in [0.25, 0.3) is 16.6 Å². The van der Waals surface area contributed by atoms with E-state index in [9.17, 15) is 9.18 Å². The lowest BCUT2D eigenvalue weighted by Crippen LogP contribution is -2.27. The molecule has 7 heteroatoms. The molecule has 2 heterocycles. The van der Waals surface area contributed by atoms with Crippen LogP contribution in [0.4, 0.5) is 14.9 Å². The number of anilines is 1. The standard InChI is InChI=1S/C19H19FN4O2/c1-12-8-18-13(10-22-24(18)15-4-2-14(20)3-5-15)9-17(12)23-7-6-16(11-23)26-19(21)25/h2-5,8-10,16H,6-7,11H2,1H3,(H2,21,25). The van der Waals surface area contributed by atoms with E-state index in [0.717, 1.165) is 40.8 Å². The quantitative estimate of drug-likeness (QED) is 0.784. The molecule has 26 heavy (non-hydrogen) atoms. The van der Waals surface area contributed by atoms with Crippen LogP contribution in [-0.4, -0.2) is 35.1 Å². The molecule has 2 aromatic carbocycles. The fraction of sp³-hybridized carbons (Fsp3) is 0.263. The number of rotatable bonds is 3. The minimum atomic E-state index is -0.732. The number of halogens is 1. The molecule has 4 rings (SSSR count). The molecule has 1 atom stereocenters. The van der Waals surface area contributed by atoms with Gasteiger partial charge < -0.3 is 15.4 Å². The summed E-state index contributed by atoms with van der Waals surface area (Å²) in [6.45, 7) is 3.47. The highest BCUT2D eigenvalue weighted by Crippen LogP contribution is 2.30. The second-order valence-corrected chi connectivity index (χ2v) is 6.52. The topological polar surface area (TPSA) is 73.4 Å². The SMILES string of the molecule is Cc1cc2c(cnn2-c2ccc(F)cc2)cc1N1CCC(OC(N)=O)C1. The molecule has 6 nitrogen and oxygen atoms in total. The van der Waals surface area contributed by atoms with Crippen molar-refractivity contribution in [3.8, 4) is 5.69 Å². The van der Waals surface area contributed by atoms with E-state index in [1.165, 1.54) is 12.1 Å². The Kier molecular flexibility index (Phi) is 3.99. The summed E-state index contributed by atoms with van der Waals surface area (Å²) in [5.41, 5.74) is 9.07. The van der Waals surface area contributed by atoms with Gasteiger partial charge in [-0.15, -0.1) is 0 Å². The molecule has 1 aliphatic heterocycles. The number of carbonyl (C=O) groups is 1. The van der Waals surface area contributed by atoms with E-state index in [-0.39, 0.29) is 11.9 Å². The summed E-state index contributed by atoms with van der Waals surface area (Å²) in [5.74, 6) is -0.273. The second kappa shape index (κ2) is 6.33. The molecule has 0 saturated carbocycles. The van der Waals surface area contributed by atoms with Gasteiger partial charge in [0.1, 0.15) is 11.9 Å². The summed E-state index contributed by atoms with van der Waals surface area (Å²) in [4.78, 5) is 13.1. The molecular formula is C19H19FN4O2. The molecule has 134 valence electrons. The number of primary amides is 1. The number of ether oxygens (including phenoxy) is 1. The largest absolute Gasteiger partial charge is 0.444 e. The minimum Gasteiger partial charge on any atom is -0.444 e. The van der Waals surface area contributed by atoms with Gasteiger partial charge >= 0.3 is 6.09 Å². The Morgan fingerprint density at radius 1 is 1.31 bits per heavy atom. The first-order valence-electron chi connectivity index (χ1n) is 8.46. The Labute approximate surface area is 150 Å². The van der Waals surface area contributed by atoms with Crippen LogP contribution in [0.3, 0.4) is 0 Å². The molecule has 0 radical (unpaired) electrons. The highest BCUT2D eigenvalue weighted by Gasteiger charge is 2.26. The van der Waals surface area contributed by atoms with Gasteiger partial charge in [0.05, 0.1) is 23.9 Å². The van der Waals surface area contributed by atoms with Gasteiger partial charge in [0, 0.05) is 24.0 Å². The van der Waals surface area contributed by atoms with Gasteiger partial charge in [0.2, 0.25) is 0 Å². The van der Waals surface area contributed by atoms with Crippen LogP contribution < -0.4 is 10.6 Å². The van der Waals surface area contributed by atoms with Gasteiger partial charge in [-0.05, 0) is 48.9 Å². The lowest BCUT2D eigenvalue weighted by molar-refractivity contribution is 0.117. The van der Waals surface area contributed by atoms with Crippen LogP contribution in [0.15, 0.2) is 42.6 Å². The number of nitrogens with zero attached hydrogens (tertiary/aromatic N) is 3. The Bertz CT molecular complexity index is 968. The maximum Gasteiger partial charge on any atom is 0.404 e. The van der Waals surface area contributed by atoms with Gasteiger partial charge in [-0.25, -0.2) is 13.9 Å². The van der Waals surface area contributed by atoms with Crippen LogP contribution in [0.1, 0.15) is 12.0 Å². The predicted molar refractivity (Wildman–Crippen MR) is 97.1 cm³/mol. The zero-order chi connectivity index (χ0) is 18.3. The molecule has 0 bridgehead atoms. The zero-order valence-electron chi connectivity index (χ0n) is 14.4. The van der Waals surface area contributed by atoms with E-state index in [1.807, 2.05) is 6.92 Å². The number of hydrogen-bond donors (Lipinski definition) is 1. The van der Waals surface area contributed by atoms with Crippen LogP contribution in [-0.2, 0) is 4.74 Å². The molecule has 2 N–H and O–H groups in total. The summed E-state index contributed by atoms with van der Waals surface area (Å²) in [6, 6.07) is 10.4. The molecule has 1 saturated heterocycles. The van der Waals surface area contributed by atoms with Gasteiger partial charge in [-0.2, -0.15) is 5.10 Å². The van der Waals surface area contributed by atoms with Crippen molar-refractivity contribution in [3.63, 3.8) is 0 Å². The van der Waals surface area contributed by atoms with Gasteiger partial charge in [0.25, 0.3) is 0 Å². The monoisotopic (exact) mass is 354 g/mol. The number of aryl methyl sites for hydroxylation is 1. The van der Waals surface area contributed by atoms with E-state index >= 15 is 0 Å². The van der Waals surface area contributed by atoms with E-state index < -0.39 is 6.09 Å². The predicted octanol–water partition coefficient (Wildman–Crippen LogP) is 3.15. The first kappa shape index (κ1) is 16.4. The maximum absolute atomic E-state index is 13.2. The Morgan fingerprint density at radius 3 is 2.81 bits per heavy atom. The summed E-state index contributed by atoms with van der Waals surface area (Å²) < 4.78 is 20.1. The van der Waals surface area contributed by atoms with Crippen molar-refractivity contribution in [2.75, 3.05) is 18.0 Å². The number of benzene rings is 2. The molecule has 0 aliphatic carbocycles. The van der Waals surface area contributed by atoms with Gasteiger partial charge in [0.15, 0.2) is 0 Å². The Morgan fingerprint density at radius 2 is 2.08 bits per heavy atom. The summed E-state index contributed by atoms with van der Waals surface area (Å²) in [6.07, 6.45) is 1.65. The highest BCUT2D eigenvalue weighted by atomic mass is 19.1. The average Bonchev–Trinajstić information content (AvgIpc) is 3.21. The van der Waals surface area contributed by atoms with E-state index in [0.29, 0.717) is 6.54 Å².